The van der Waals surface area contributed by atoms with Gasteiger partial charge >= 0.3 is 0 Å². The van der Waals surface area contributed by atoms with E-state index in [0.717, 1.165) is 5.56 Å². The van der Waals surface area contributed by atoms with Crippen molar-refractivity contribution in [3.05, 3.63) is 35.6 Å². The SMILES string of the molecule is COCC(C)OC(C)C(N)c1ccc(F)cc1. The van der Waals surface area contributed by atoms with Crippen LogP contribution in [0.15, 0.2) is 24.3 Å². The molecule has 0 amide bonds. The van der Waals surface area contributed by atoms with Crippen LogP contribution in [0.1, 0.15) is 25.5 Å². The van der Waals surface area contributed by atoms with Gasteiger partial charge in [-0.3, -0.25) is 0 Å². The first kappa shape index (κ1) is 14.1. The Balaban J connectivity index is 2.56. The van der Waals surface area contributed by atoms with Gasteiger partial charge < -0.3 is 15.2 Å². The number of methoxy groups -OCH3 is 1. The average molecular weight is 241 g/mol. The van der Waals surface area contributed by atoms with E-state index in [4.69, 9.17) is 15.2 Å². The van der Waals surface area contributed by atoms with Gasteiger partial charge in [0.15, 0.2) is 0 Å². The summed E-state index contributed by atoms with van der Waals surface area (Å²) in [6.45, 7) is 4.36. The van der Waals surface area contributed by atoms with Crippen LogP contribution < -0.4 is 5.73 Å². The number of ether oxygens (including phenoxy) is 2. The van der Waals surface area contributed by atoms with E-state index < -0.39 is 0 Å². The number of rotatable bonds is 6. The summed E-state index contributed by atoms with van der Waals surface area (Å²) in [7, 11) is 1.63. The molecule has 4 heteroatoms. The lowest BCUT2D eigenvalue weighted by molar-refractivity contribution is -0.0407. The molecule has 1 rings (SSSR count). The van der Waals surface area contributed by atoms with Crippen molar-refractivity contribution in [1.82, 2.24) is 0 Å². The third-order valence-corrected chi connectivity index (χ3v) is 2.61. The van der Waals surface area contributed by atoms with Crippen LogP contribution in [0.25, 0.3) is 0 Å². The fraction of sp³-hybridized carbons (Fsp3) is 0.538. The molecular weight excluding hydrogens is 221 g/mol. The number of halogens is 1. The van der Waals surface area contributed by atoms with E-state index in [1.54, 1.807) is 19.2 Å². The first-order valence-corrected chi connectivity index (χ1v) is 5.70. The minimum Gasteiger partial charge on any atom is -0.382 e. The van der Waals surface area contributed by atoms with E-state index >= 15 is 0 Å². The number of nitrogens with two attached hydrogens (primary N) is 1. The molecule has 0 saturated heterocycles. The van der Waals surface area contributed by atoms with Crippen LogP contribution in [-0.4, -0.2) is 25.9 Å². The average Bonchev–Trinajstić information content (AvgIpc) is 2.29. The lowest BCUT2D eigenvalue weighted by atomic mass is 10.0. The molecule has 1 aromatic rings. The molecule has 0 spiro atoms. The summed E-state index contributed by atoms with van der Waals surface area (Å²) in [4.78, 5) is 0. The van der Waals surface area contributed by atoms with E-state index in [9.17, 15) is 4.39 Å². The predicted molar refractivity (Wildman–Crippen MR) is 65.2 cm³/mol. The minimum absolute atomic E-state index is 0.0125. The zero-order valence-corrected chi connectivity index (χ0v) is 10.5. The molecule has 1 aromatic carbocycles. The van der Waals surface area contributed by atoms with Gasteiger partial charge in [-0.05, 0) is 31.5 Å². The topological polar surface area (TPSA) is 44.5 Å². The Morgan fingerprint density at radius 3 is 2.35 bits per heavy atom. The molecule has 0 aliphatic rings. The molecule has 0 aromatic heterocycles. The Kier molecular flexibility index (Phi) is 5.55. The minimum atomic E-state index is -0.269. The highest BCUT2D eigenvalue weighted by Crippen LogP contribution is 2.18. The molecule has 0 bridgehead atoms. The van der Waals surface area contributed by atoms with Crippen molar-refractivity contribution in [2.75, 3.05) is 13.7 Å². The van der Waals surface area contributed by atoms with E-state index in [-0.39, 0.29) is 24.1 Å². The number of hydrogen-bond donors (Lipinski definition) is 1. The highest BCUT2D eigenvalue weighted by Gasteiger charge is 2.17. The second kappa shape index (κ2) is 6.69. The van der Waals surface area contributed by atoms with Gasteiger partial charge in [0.25, 0.3) is 0 Å². The van der Waals surface area contributed by atoms with Gasteiger partial charge in [-0.25, -0.2) is 4.39 Å². The molecular formula is C13H20FNO2. The Morgan fingerprint density at radius 2 is 1.82 bits per heavy atom. The second-order valence-electron chi connectivity index (χ2n) is 4.18. The summed E-state index contributed by atoms with van der Waals surface area (Å²) in [6, 6.07) is 5.90. The summed E-state index contributed by atoms with van der Waals surface area (Å²) >= 11 is 0. The maximum atomic E-state index is 12.8. The summed E-state index contributed by atoms with van der Waals surface area (Å²) in [5.74, 6) is -0.262. The van der Waals surface area contributed by atoms with Gasteiger partial charge in [-0.15, -0.1) is 0 Å². The molecule has 96 valence electrons. The van der Waals surface area contributed by atoms with Crippen LogP contribution in [0.4, 0.5) is 4.39 Å². The van der Waals surface area contributed by atoms with Crippen molar-refractivity contribution >= 4 is 0 Å². The van der Waals surface area contributed by atoms with Crippen molar-refractivity contribution in [1.29, 1.82) is 0 Å². The van der Waals surface area contributed by atoms with Gasteiger partial charge in [0.05, 0.1) is 24.9 Å². The van der Waals surface area contributed by atoms with Gasteiger partial charge in [-0.1, -0.05) is 12.1 Å². The van der Waals surface area contributed by atoms with Crippen LogP contribution in [0.5, 0.6) is 0 Å². The van der Waals surface area contributed by atoms with E-state index in [0.29, 0.717) is 6.61 Å². The molecule has 0 heterocycles. The standard InChI is InChI=1S/C13H20FNO2/c1-9(8-16-3)17-10(2)13(15)11-4-6-12(14)7-5-11/h4-7,9-10,13H,8,15H2,1-3H3. The normalized spacial score (nSPS) is 16.5. The Hall–Kier alpha value is -0.970. The highest BCUT2D eigenvalue weighted by molar-refractivity contribution is 5.20. The largest absolute Gasteiger partial charge is 0.382 e. The quantitative estimate of drug-likeness (QED) is 0.831. The number of hydrogen-bond acceptors (Lipinski definition) is 3. The fourth-order valence-corrected chi connectivity index (χ4v) is 1.68. The van der Waals surface area contributed by atoms with Crippen molar-refractivity contribution in [3.8, 4) is 0 Å². The van der Waals surface area contributed by atoms with Crippen LogP contribution in [-0.2, 0) is 9.47 Å². The summed E-state index contributed by atoms with van der Waals surface area (Å²) in [6.07, 6.45) is -0.160. The van der Waals surface area contributed by atoms with Crippen LogP contribution in [0, 0.1) is 5.82 Å². The van der Waals surface area contributed by atoms with Gasteiger partial charge in [-0.2, -0.15) is 0 Å². The smallest absolute Gasteiger partial charge is 0.123 e. The van der Waals surface area contributed by atoms with Crippen LogP contribution >= 0.6 is 0 Å². The molecule has 3 atom stereocenters. The van der Waals surface area contributed by atoms with Gasteiger partial charge in [0, 0.05) is 7.11 Å². The Labute approximate surface area is 102 Å². The molecule has 17 heavy (non-hydrogen) atoms. The molecule has 2 N–H and O–H groups in total. The molecule has 0 fully saturated rings. The van der Waals surface area contributed by atoms with Gasteiger partial charge in [0.2, 0.25) is 0 Å². The Bertz CT molecular complexity index is 329. The summed E-state index contributed by atoms with van der Waals surface area (Å²) in [5, 5.41) is 0. The molecule has 3 nitrogen and oxygen atoms in total. The second-order valence-corrected chi connectivity index (χ2v) is 4.18. The van der Waals surface area contributed by atoms with Crippen molar-refractivity contribution < 1.29 is 13.9 Å². The van der Waals surface area contributed by atoms with Crippen molar-refractivity contribution in [3.63, 3.8) is 0 Å². The maximum absolute atomic E-state index is 12.8. The molecule has 3 unspecified atom stereocenters. The molecule has 0 radical (unpaired) electrons. The summed E-state index contributed by atoms with van der Waals surface area (Å²) in [5.41, 5.74) is 6.91. The first-order chi connectivity index (χ1) is 8.04. The zero-order valence-electron chi connectivity index (χ0n) is 10.5. The molecule has 0 aliphatic carbocycles. The lowest BCUT2D eigenvalue weighted by Gasteiger charge is -2.24. The monoisotopic (exact) mass is 241 g/mol. The zero-order chi connectivity index (χ0) is 12.8. The first-order valence-electron chi connectivity index (χ1n) is 5.70. The Morgan fingerprint density at radius 1 is 1.24 bits per heavy atom. The summed E-state index contributed by atoms with van der Waals surface area (Å²) < 4.78 is 23.5. The van der Waals surface area contributed by atoms with Crippen molar-refractivity contribution in [2.45, 2.75) is 32.1 Å². The van der Waals surface area contributed by atoms with Crippen LogP contribution in [0.3, 0.4) is 0 Å². The predicted octanol–water partition coefficient (Wildman–Crippen LogP) is 2.27. The molecule has 0 aliphatic heterocycles. The van der Waals surface area contributed by atoms with E-state index in [2.05, 4.69) is 0 Å². The lowest BCUT2D eigenvalue weighted by Crippen LogP contribution is -2.31. The molecule has 0 saturated carbocycles. The third kappa shape index (κ3) is 4.42. The maximum Gasteiger partial charge on any atom is 0.123 e. The van der Waals surface area contributed by atoms with E-state index in [1.165, 1.54) is 12.1 Å². The number of benzene rings is 1. The van der Waals surface area contributed by atoms with Crippen molar-refractivity contribution in [2.24, 2.45) is 5.73 Å². The van der Waals surface area contributed by atoms with Gasteiger partial charge in [0.1, 0.15) is 5.82 Å². The third-order valence-electron chi connectivity index (χ3n) is 2.61. The van der Waals surface area contributed by atoms with E-state index in [1.807, 2.05) is 13.8 Å². The fourth-order valence-electron chi connectivity index (χ4n) is 1.68. The van der Waals surface area contributed by atoms with Crippen LogP contribution in [0.2, 0.25) is 0 Å². The highest BCUT2D eigenvalue weighted by atomic mass is 19.1.